The third kappa shape index (κ3) is 2.51. The quantitative estimate of drug-likeness (QED) is 0.851. The molecule has 1 N–H and O–H groups in total. The van der Waals surface area contributed by atoms with Crippen LogP contribution in [0.25, 0.3) is 0 Å². The van der Waals surface area contributed by atoms with Crippen molar-refractivity contribution in [1.29, 1.82) is 0 Å². The fraction of sp³-hybridized carbons (Fsp3) is 0.692. The minimum atomic E-state index is 0.127. The highest BCUT2D eigenvalue weighted by molar-refractivity contribution is 5.75. The summed E-state index contributed by atoms with van der Waals surface area (Å²) < 4.78 is 2.02. The molecule has 0 aliphatic heterocycles. The van der Waals surface area contributed by atoms with Crippen molar-refractivity contribution in [3.05, 3.63) is 17.7 Å². The third-order valence-electron chi connectivity index (χ3n) is 3.71. The Bertz CT molecular complexity index is 420. The van der Waals surface area contributed by atoms with Crippen LogP contribution in [0.4, 0.5) is 0 Å². The largest absolute Gasteiger partial charge is 0.354 e. The van der Waals surface area contributed by atoms with E-state index in [-0.39, 0.29) is 5.91 Å². The van der Waals surface area contributed by atoms with Crippen molar-refractivity contribution >= 4 is 5.91 Å². The second-order valence-corrected chi connectivity index (χ2v) is 5.22. The van der Waals surface area contributed by atoms with Gasteiger partial charge in [0.15, 0.2) is 0 Å². The van der Waals surface area contributed by atoms with E-state index in [1.807, 2.05) is 10.9 Å². The van der Waals surface area contributed by atoms with Gasteiger partial charge in [0.1, 0.15) is 6.54 Å². The van der Waals surface area contributed by atoms with Gasteiger partial charge in [-0.3, -0.25) is 4.79 Å². The van der Waals surface area contributed by atoms with E-state index in [9.17, 15) is 4.79 Å². The smallest absolute Gasteiger partial charge is 0.239 e. The molecule has 3 rings (SSSR count). The van der Waals surface area contributed by atoms with Crippen molar-refractivity contribution in [1.82, 2.24) is 14.9 Å². The number of aromatic nitrogens is 2. The summed E-state index contributed by atoms with van der Waals surface area (Å²) in [5, 5.41) is 3.00. The minimum absolute atomic E-state index is 0.127. The summed E-state index contributed by atoms with van der Waals surface area (Å²) >= 11 is 0. The van der Waals surface area contributed by atoms with Crippen LogP contribution in [0.5, 0.6) is 0 Å². The summed E-state index contributed by atoms with van der Waals surface area (Å²) in [5.74, 6) is 0.873. The second kappa shape index (κ2) is 4.51. The summed E-state index contributed by atoms with van der Waals surface area (Å²) in [6.45, 7) is 1.30. The summed E-state index contributed by atoms with van der Waals surface area (Å²) in [5.41, 5.74) is 2.48. The molecular formula is C13H19N3O. The van der Waals surface area contributed by atoms with Gasteiger partial charge in [-0.15, -0.1) is 0 Å². The van der Waals surface area contributed by atoms with Gasteiger partial charge in [-0.1, -0.05) is 0 Å². The molecule has 0 spiro atoms. The van der Waals surface area contributed by atoms with E-state index < -0.39 is 0 Å². The maximum absolute atomic E-state index is 11.8. The van der Waals surface area contributed by atoms with E-state index in [1.165, 1.54) is 37.1 Å². The molecule has 2 aliphatic carbocycles. The molecule has 4 heteroatoms. The molecule has 1 fully saturated rings. The number of amides is 1. The fourth-order valence-electron chi connectivity index (χ4n) is 2.46. The number of hydrogen-bond donors (Lipinski definition) is 1. The first-order valence-corrected chi connectivity index (χ1v) is 6.62. The molecule has 1 aromatic heterocycles. The molecule has 92 valence electrons. The average Bonchev–Trinajstić information content (AvgIpc) is 3.10. The van der Waals surface area contributed by atoms with Gasteiger partial charge in [-0.05, 0) is 44.4 Å². The topological polar surface area (TPSA) is 46.9 Å². The predicted octanol–water partition coefficient (Wildman–Crippen LogP) is 1.29. The van der Waals surface area contributed by atoms with Crippen molar-refractivity contribution in [2.75, 3.05) is 6.54 Å². The first kappa shape index (κ1) is 10.8. The lowest BCUT2D eigenvalue weighted by Gasteiger charge is -2.13. The molecule has 2 aliphatic rings. The van der Waals surface area contributed by atoms with Crippen molar-refractivity contribution in [3.8, 4) is 0 Å². The normalized spacial score (nSPS) is 18.8. The van der Waals surface area contributed by atoms with Gasteiger partial charge in [-0.2, -0.15) is 0 Å². The highest BCUT2D eigenvalue weighted by Gasteiger charge is 2.22. The minimum Gasteiger partial charge on any atom is -0.354 e. The zero-order valence-electron chi connectivity index (χ0n) is 10.1. The van der Waals surface area contributed by atoms with Crippen molar-refractivity contribution in [2.24, 2.45) is 5.92 Å². The maximum atomic E-state index is 11.8. The van der Waals surface area contributed by atoms with Gasteiger partial charge in [-0.25, -0.2) is 4.98 Å². The Kier molecular flexibility index (Phi) is 2.87. The van der Waals surface area contributed by atoms with E-state index in [4.69, 9.17) is 0 Å². The Morgan fingerprint density at radius 1 is 1.41 bits per heavy atom. The van der Waals surface area contributed by atoms with Crippen LogP contribution in [0.1, 0.15) is 37.1 Å². The molecule has 0 bridgehead atoms. The zero-order valence-corrected chi connectivity index (χ0v) is 10.1. The van der Waals surface area contributed by atoms with Crippen LogP contribution < -0.4 is 5.32 Å². The highest BCUT2D eigenvalue weighted by atomic mass is 16.1. The Morgan fingerprint density at radius 2 is 2.24 bits per heavy atom. The van der Waals surface area contributed by atoms with E-state index in [1.54, 1.807) is 0 Å². The molecule has 1 amide bonds. The molecule has 1 aromatic rings. The van der Waals surface area contributed by atoms with Gasteiger partial charge in [0, 0.05) is 12.2 Å². The van der Waals surface area contributed by atoms with Crippen molar-refractivity contribution in [2.45, 2.75) is 45.1 Å². The SMILES string of the molecule is O=C(Cn1cnc2c1CCCC2)NCC1CC1. The summed E-state index contributed by atoms with van der Waals surface area (Å²) in [7, 11) is 0. The number of aryl methyl sites for hydroxylation is 1. The average molecular weight is 233 g/mol. The van der Waals surface area contributed by atoms with Gasteiger partial charge in [0.25, 0.3) is 0 Å². The maximum Gasteiger partial charge on any atom is 0.239 e. The van der Waals surface area contributed by atoms with Gasteiger partial charge in [0.05, 0.1) is 12.0 Å². The lowest BCUT2D eigenvalue weighted by Crippen LogP contribution is -2.29. The van der Waals surface area contributed by atoms with Crippen LogP contribution in [0.3, 0.4) is 0 Å². The zero-order chi connectivity index (χ0) is 11.7. The molecule has 17 heavy (non-hydrogen) atoms. The lowest BCUT2D eigenvalue weighted by atomic mass is 10.0. The Morgan fingerprint density at radius 3 is 3.06 bits per heavy atom. The van der Waals surface area contributed by atoms with Gasteiger partial charge < -0.3 is 9.88 Å². The molecule has 0 unspecified atom stereocenters. The number of rotatable bonds is 4. The molecule has 0 saturated heterocycles. The number of carbonyl (C=O) groups excluding carboxylic acids is 1. The van der Waals surface area contributed by atoms with Crippen LogP contribution in [0.15, 0.2) is 6.33 Å². The second-order valence-electron chi connectivity index (χ2n) is 5.22. The summed E-state index contributed by atoms with van der Waals surface area (Å²) in [4.78, 5) is 16.2. The first-order chi connectivity index (χ1) is 8.33. The number of carbonyl (C=O) groups is 1. The monoisotopic (exact) mass is 233 g/mol. The van der Waals surface area contributed by atoms with Crippen LogP contribution >= 0.6 is 0 Å². The van der Waals surface area contributed by atoms with Crippen LogP contribution in [0.2, 0.25) is 0 Å². The molecule has 1 heterocycles. The third-order valence-corrected chi connectivity index (χ3v) is 3.71. The number of imidazole rings is 1. The van der Waals surface area contributed by atoms with Crippen molar-refractivity contribution < 1.29 is 4.79 Å². The standard InChI is InChI=1S/C13H19N3O/c17-13(14-7-10-5-6-10)8-16-9-15-11-3-1-2-4-12(11)16/h9-10H,1-8H2,(H,14,17). The Hall–Kier alpha value is -1.32. The lowest BCUT2D eigenvalue weighted by molar-refractivity contribution is -0.121. The highest BCUT2D eigenvalue weighted by Crippen LogP contribution is 2.27. The van der Waals surface area contributed by atoms with Crippen LogP contribution in [0, 0.1) is 5.92 Å². The number of hydrogen-bond acceptors (Lipinski definition) is 2. The van der Waals surface area contributed by atoms with Gasteiger partial charge in [0.2, 0.25) is 5.91 Å². The Balaban J connectivity index is 1.59. The molecule has 1 saturated carbocycles. The molecule has 0 atom stereocenters. The predicted molar refractivity (Wildman–Crippen MR) is 64.6 cm³/mol. The van der Waals surface area contributed by atoms with Crippen molar-refractivity contribution in [3.63, 3.8) is 0 Å². The number of fused-ring (bicyclic) bond motifs is 1. The summed E-state index contributed by atoms with van der Waals surface area (Å²) in [6.07, 6.45) is 8.99. The van der Waals surface area contributed by atoms with E-state index in [0.29, 0.717) is 6.54 Å². The molecule has 0 aromatic carbocycles. The van der Waals surface area contributed by atoms with Gasteiger partial charge >= 0.3 is 0 Å². The van der Waals surface area contributed by atoms with E-state index >= 15 is 0 Å². The van der Waals surface area contributed by atoms with Crippen LogP contribution in [-0.4, -0.2) is 22.0 Å². The van der Waals surface area contributed by atoms with E-state index in [0.717, 1.165) is 25.3 Å². The Labute approximate surface area is 101 Å². The molecular weight excluding hydrogens is 214 g/mol. The van der Waals surface area contributed by atoms with E-state index in [2.05, 4.69) is 10.3 Å². The number of nitrogens with zero attached hydrogens (tertiary/aromatic N) is 2. The number of nitrogens with one attached hydrogen (secondary N) is 1. The fourth-order valence-corrected chi connectivity index (χ4v) is 2.46. The molecule has 0 radical (unpaired) electrons. The summed E-state index contributed by atoms with van der Waals surface area (Å²) in [6, 6.07) is 0. The first-order valence-electron chi connectivity index (χ1n) is 6.62. The molecule has 4 nitrogen and oxygen atoms in total. The van der Waals surface area contributed by atoms with Crippen LogP contribution in [-0.2, 0) is 24.2 Å².